The van der Waals surface area contributed by atoms with Crippen molar-refractivity contribution in [1.29, 1.82) is 0 Å². The lowest BCUT2D eigenvalue weighted by atomic mass is 10.0. The molecule has 0 fully saturated rings. The van der Waals surface area contributed by atoms with Crippen molar-refractivity contribution in [3.63, 3.8) is 0 Å². The van der Waals surface area contributed by atoms with Crippen molar-refractivity contribution in [1.82, 2.24) is 4.57 Å². The van der Waals surface area contributed by atoms with Crippen LogP contribution in [-0.4, -0.2) is 23.6 Å². The van der Waals surface area contributed by atoms with Gasteiger partial charge in [0, 0.05) is 6.54 Å². The number of nitrogens with zero attached hydrogens (tertiary/aromatic N) is 2. The number of benzene rings is 1. The summed E-state index contributed by atoms with van der Waals surface area (Å²) in [5, 5.41) is 1.86. The predicted molar refractivity (Wildman–Crippen MR) is 105 cm³/mol. The fourth-order valence-electron chi connectivity index (χ4n) is 2.60. The van der Waals surface area contributed by atoms with Crippen molar-refractivity contribution in [2.24, 2.45) is 4.99 Å². The Bertz CT molecular complexity index is 998. The smallest absolute Gasteiger partial charge is 0.307 e. The third-order valence-corrected chi connectivity index (χ3v) is 5.97. The Balaban J connectivity index is 2.09. The lowest BCUT2D eigenvalue weighted by Crippen LogP contribution is -2.19. The van der Waals surface area contributed by atoms with Crippen LogP contribution in [0.4, 0.5) is 0 Å². The van der Waals surface area contributed by atoms with E-state index >= 15 is 0 Å². The third kappa shape index (κ3) is 3.94. The average Bonchev–Trinajstić information content (AvgIpc) is 3.27. The van der Waals surface area contributed by atoms with Gasteiger partial charge in [-0.3, -0.25) is 9.59 Å². The molecule has 1 aromatic carbocycles. The molecule has 0 unspecified atom stereocenters. The maximum atomic E-state index is 12.4. The Hall–Kier alpha value is -2.25. The number of rotatable bonds is 5. The van der Waals surface area contributed by atoms with Crippen molar-refractivity contribution < 1.29 is 14.3 Å². The van der Waals surface area contributed by atoms with Gasteiger partial charge in [0.15, 0.2) is 4.80 Å². The van der Waals surface area contributed by atoms with Crippen LogP contribution in [0.2, 0.25) is 0 Å². The molecule has 3 rings (SSSR count). The first-order valence-corrected chi connectivity index (χ1v) is 10.0. The summed E-state index contributed by atoms with van der Waals surface area (Å²) < 4.78 is 7.72. The zero-order valence-corrected chi connectivity index (χ0v) is 16.5. The van der Waals surface area contributed by atoms with Gasteiger partial charge in [0.2, 0.25) is 0 Å². The second-order valence-corrected chi connectivity index (χ2v) is 8.10. The average molecular weight is 389 g/mol. The van der Waals surface area contributed by atoms with Crippen LogP contribution < -0.4 is 4.80 Å². The summed E-state index contributed by atoms with van der Waals surface area (Å²) in [6.07, 6.45) is 0.231. The van der Waals surface area contributed by atoms with E-state index in [9.17, 15) is 9.59 Å². The van der Waals surface area contributed by atoms with Gasteiger partial charge in [-0.05, 0) is 35.1 Å². The molecule has 1 amide bonds. The van der Waals surface area contributed by atoms with Crippen LogP contribution in [0.3, 0.4) is 0 Å². The van der Waals surface area contributed by atoms with Crippen molar-refractivity contribution in [3.8, 4) is 0 Å². The molecule has 0 bridgehead atoms. The molecule has 0 atom stereocenters. The summed E-state index contributed by atoms with van der Waals surface area (Å²) in [6.45, 7) is 4.71. The first-order chi connectivity index (χ1) is 12.5. The molecule has 136 valence electrons. The summed E-state index contributed by atoms with van der Waals surface area (Å²) in [6, 6.07) is 9.85. The second-order valence-electron chi connectivity index (χ2n) is 6.14. The number of esters is 1. The predicted octanol–water partition coefficient (Wildman–Crippen LogP) is 4.19. The Morgan fingerprint density at radius 2 is 2.08 bits per heavy atom. The highest BCUT2D eigenvalue weighted by molar-refractivity contribution is 7.16. The molecule has 0 radical (unpaired) electrons. The van der Waals surface area contributed by atoms with Gasteiger partial charge in [-0.2, -0.15) is 4.99 Å². The zero-order valence-electron chi connectivity index (χ0n) is 14.9. The van der Waals surface area contributed by atoms with E-state index in [0.717, 1.165) is 10.2 Å². The molecular weight excluding hydrogens is 368 g/mol. The molecule has 0 aliphatic carbocycles. The lowest BCUT2D eigenvalue weighted by Gasteiger charge is -2.07. The highest BCUT2D eigenvalue weighted by Gasteiger charge is 2.12. The van der Waals surface area contributed by atoms with Gasteiger partial charge in [-0.25, -0.2) is 0 Å². The van der Waals surface area contributed by atoms with Crippen LogP contribution in [-0.2, 0) is 16.1 Å². The Labute approximate surface area is 159 Å². The minimum atomic E-state index is -0.286. The number of carbonyl (C=O) groups excluding carboxylic acids is 2. The Morgan fingerprint density at radius 1 is 1.27 bits per heavy atom. The molecule has 0 aliphatic heterocycles. The van der Waals surface area contributed by atoms with Gasteiger partial charge < -0.3 is 9.30 Å². The summed E-state index contributed by atoms with van der Waals surface area (Å²) in [5.74, 6) is -0.133. The number of thiophene rings is 1. The van der Waals surface area contributed by atoms with Crippen molar-refractivity contribution >= 4 is 44.8 Å². The first kappa shape index (κ1) is 18.5. The summed E-state index contributed by atoms with van der Waals surface area (Å²) in [5.41, 5.74) is 2.20. The molecule has 3 aromatic rings. The Morgan fingerprint density at radius 3 is 2.73 bits per heavy atom. The second kappa shape index (κ2) is 7.97. The fraction of sp³-hybridized carbons (Fsp3) is 0.316. The SMILES string of the molecule is COC(=O)CCn1c(=NC(=O)c2cccs2)sc2cc(C(C)C)ccc21. The Kier molecular flexibility index (Phi) is 5.68. The van der Waals surface area contributed by atoms with E-state index in [-0.39, 0.29) is 18.3 Å². The maximum Gasteiger partial charge on any atom is 0.307 e. The first-order valence-electron chi connectivity index (χ1n) is 8.32. The number of aromatic nitrogens is 1. The van der Waals surface area contributed by atoms with Gasteiger partial charge in [-0.1, -0.05) is 37.3 Å². The number of thiazole rings is 1. The quantitative estimate of drug-likeness (QED) is 0.616. The van der Waals surface area contributed by atoms with Gasteiger partial charge in [0.25, 0.3) is 5.91 Å². The minimum Gasteiger partial charge on any atom is -0.469 e. The number of ether oxygens (including phenoxy) is 1. The minimum absolute atomic E-state index is 0.231. The van der Waals surface area contributed by atoms with Crippen LogP contribution in [0.1, 0.15) is 41.4 Å². The summed E-state index contributed by atoms with van der Waals surface area (Å²) in [7, 11) is 1.37. The van der Waals surface area contributed by atoms with Gasteiger partial charge in [0.05, 0.1) is 28.6 Å². The fourth-order valence-corrected chi connectivity index (χ4v) is 4.31. The number of hydrogen-bond donors (Lipinski definition) is 0. The molecule has 0 spiro atoms. The molecule has 26 heavy (non-hydrogen) atoms. The van der Waals surface area contributed by atoms with E-state index in [2.05, 4.69) is 31.0 Å². The topological polar surface area (TPSA) is 60.7 Å². The highest BCUT2D eigenvalue weighted by atomic mass is 32.1. The molecule has 0 saturated carbocycles. The zero-order chi connectivity index (χ0) is 18.7. The third-order valence-electron chi connectivity index (χ3n) is 4.07. The van der Waals surface area contributed by atoms with E-state index in [1.165, 1.54) is 35.3 Å². The molecule has 0 saturated heterocycles. The van der Waals surface area contributed by atoms with Crippen LogP contribution in [0.15, 0.2) is 40.7 Å². The van der Waals surface area contributed by atoms with Crippen LogP contribution in [0.25, 0.3) is 10.2 Å². The molecule has 2 heterocycles. The normalized spacial score (nSPS) is 12.1. The van der Waals surface area contributed by atoms with Gasteiger partial charge in [-0.15, -0.1) is 11.3 Å². The number of aryl methyl sites for hydroxylation is 1. The van der Waals surface area contributed by atoms with Crippen LogP contribution in [0.5, 0.6) is 0 Å². The van der Waals surface area contributed by atoms with Gasteiger partial charge in [0.1, 0.15) is 0 Å². The molecule has 0 aliphatic rings. The lowest BCUT2D eigenvalue weighted by molar-refractivity contribution is -0.140. The molecule has 0 N–H and O–H groups in total. The standard InChI is InChI=1S/C19H20N2O3S2/c1-12(2)13-6-7-14-16(11-13)26-19(21(14)9-8-17(22)24-3)20-18(23)15-5-4-10-25-15/h4-7,10-12H,8-9H2,1-3H3. The van der Waals surface area contributed by atoms with Crippen LogP contribution >= 0.6 is 22.7 Å². The molecular formula is C19H20N2O3S2. The van der Waals surface area contributed by atoms with E-state index in [1.54, 1.807) is 6.07 Å². The van der Waals surface area contributed by atoms with Crippen molar-refractivity contribution in [2.75, 3.05) is 7.11 Å². The largest absolute Gasteiger partial charge is 0.469 e. The molecule has 2 aromatic heterocycles. The monoisotopic (exact) mass is 388 g/mol. The summed E-state index contributed by atoms with van der Waals surface area (Å²) in [4.78, 5) is 29.5. The number of hydrogen-bond acceptors (Lipinski definition) is 5. The number of amides is 1. The van der Waals surface area contributed by atoms with Crippen LogP contribution in [0, 0.1) is 0 Å². The number of carbonyl (C=O) groups is 2. The van der Waals surface area contributed by atoms with E-state index in [0.29, 0.717) is 22.1 Å². The number of fused-ring (bicyclic) bond motifs is 1. The van der Waals surface area contributed by atoms with Gasteiger partial charge >= 0.3 is 5.97 Å². The highest BCUT2D eigenvalue weighted by Crippen LogP contribution is 2.24. The molecule has 7 heteroatoms. The van der Waals surface area contributed by atoms with E-state index < -0.39 is 0 Å². The van der Waals surface area contributed by atoms with Crippen molar-refractivity contribution in [3.05, 3.63) is 51.0 Å². The van der Waals surface area contributed by atoms with Crippen molar-refractivity contribution in [2.45, 2.75) is 32.7 Å². The number of methoxy groups -OCH3 is 1. The summed E-state index contributed by atoms with van der Waals surface area (Å²) >= 11 is 2.84. The van der Waals surface area contributed by atoms with E-state index in [1.807, 2.05) is 22.1 Å². The van der Waals surface area contributed by atoms with E-state index in [4.69, 9.17) is 4.74 Å². The maximum absolute atomic E-state index is 12.4. The molecule has 5 nitrogen and oxygen atoms in total.